The van der Waals surface area contributed by atoms with Gasteiger partial charge in [0.25, 0.3) is 0 Å². The number of amides is 1. The van der Waals surface area contributed by atoms with E-state index in [1.807, 2.05) is 71.6 Å². The lowest BCUT2D eigenvalue weighted by atomic mass is 9.87. The van der Waals surface area contributed by atoms with Gasteiger partial charge in [-0.1, -0.05) is 78.9 Å². The Balaban J connectivity index is 1.45. The molecule has 2 saturated heterocycles. The number of aliphatic hydroxyl groups excluding tert-OH is 1. The van der Waals surface area contributed by atoms with Crippen LogP contribution in [-0.2, 0) is 4.79 Å². The average molecular weight is 473 g/mol. The average Bonchev–Trinajstić information content (AvgIpc) is 3.18. The van der Waals surface area contributed by atoms with E-state index in [0.29, 0.717) is 18.6 Å². The van der Waals surface area contributed by atoms with Gasteiger partial charge in [-0.25, -0.2) is 9.59 Å². The zero-order valence-corrected chi connectivity index (χ0v) is 19.2. The van der Waals surface area contributed by atoms with Gasteiger partial charge in [0.05, 0.1) is 0 Å². The molecule has 3 aromatic carbocycles. The summed E-state index contributed by atoms with van der Waals surface area (Å²) in [4.78, 5) is 28.7. The second kappa shape index (κ2) is 9.90. The zero-order chi connectivity index (χ0) is 24.4. The van der Waals surface area contributed by atoms with Gasteiger partial charge in [-0.2, -0.15) is 0 Å². The molecule has 2 N–H and O–H groups in total. The van der Waals surface area contributed by atoms with Crippen molar-refractivity contribution in [3.8, 4) is 5.75 Å². The fourth-order valence-electron chi connectivity index (χ4n) is 5.56. The summed E-state index contributed by atoms with van der Waals surface area (Å²) in [5.41, 5.74) is 1.90. The highest BCUT2D eigenvalue weighted by atomic mass is 16.6. The SMILES string of the molecule is O=C(O)[C@@H]1[C@H]2CC[C@@H](CN1C(=O)Oc1ccccc1)N2C(O)C(c1ccccc1)c1ccccc1. The fraction of sp³-hybridized carbons (Fsp3) is 0.286. The van der Waals surface area contributed by atoms with Crippen LogP contribution >= 0.6 is 0 Å². The lowest BCUT2D eigenvalue weighted by Gasteiger charge is -2.47. The molecule has 5 rings (SSSR count). The van der Waals surface area contributed by atoms with Gasteiger partial charge in [-0.05, 0) is 36.1 Å². The van der Waals surface area contributed by atoms with E-state index >= 15 is 0 Å². The molecular weight excluding hydrogens is 444 g/mol. The van der Waals surface area contributed by atoms with Crippen LogP contribution in [0, 0.1) is 0 Å². The molecule has 180 valence electrons. The molecule has 35 heavy (non-hydrogen) atoms. The molecule has 7 heteroatoms. The topological polar surface area (TPSA) is 90.3 Å². The maximum absolute atomic E-state index is 13.0. The van der Waals surface area contributed by atoms with Crippen molar-refractivity contribution in [2.75, 3.05) is 6.54 Å². The maximum atomic E-state index is 13.0. The first-order valence-electron chi connectivity index (χ1n) is 11.9. The van der Waals surface area contributed by atoms with Crippen molar-refractivity contribution in [3.63, 3.8) is 0 Å². The third-order valence-electron chi connectivity index (χ3n) is 7.06. The summed E-state index contributed by atoms with van der Waals surface area (Å²) in [7, 11) is 0. The zero-order valence-electron chi connectivity index (χ0n) is 19.2. The quantitative estimate of drug-likeness (QED) is 0.565. The molecule has 0 aromatic heterocycles. The summed E-state index contributed by atoms with van der Waals surface area (Å²) in [6.45, 7) is 0.173. The van der Waals surface area contributed by atoms with Gasteiger partial charge in [0.2, 0.25) is 0 Å². The van der Waals surface area contributed by atoms with Crippen molar-refractivity contribution < 1.29 is 24.5 Å². The third kappa shape index (κ3) is 4.52. The molecule has 1 unspecified atom stereocenters. The Kier molecular flexibility index (Phi) is 6.53. The monoisotopic (exact) mass is 472 g/mol. The van der Waals surface area contributed by atoms with Gasteiger partial charge in [0.1, 0.15) is 18.0 Å². The highest BCUT2D eigenvalue weighted by Gasteiger charge is 2.54. The Bertz CT molecular complexity index is 1120. The summed E-state index contributed by atoms with van der Waals surface area (Å²) in [6, 6.07) is 26.3. The normalized spacial score (nSPS) is 22.7. The standard InChI is InChI=1S/C28H28N2O5/c31-26(24(19-10-4-1-5-11-19)20-12-6-2-7-13-20)30-21-16-17-23(30)25(27(32)33)29(18-21)28(34)35-22-14-8-3-9-15-22/h1-15,21,23-26,31H,16-18H2,(H,32,33)/t21-,23+,25-,26?/m0/s1. The van der Waals surface area contributed by atoms with E-state index in [9.17, 15) is 19.8 Å². The number of nitrogens with zero attached hydrogens (tertiary/aromatic N) is 2. The number of rotatable bonds is 6. The number of fused-ring (bicyclic) bond motifs is 2. The first-order chi connectivity index (χ1) is 17.0. The van der Waals surface area contributed by atoms with Gasteiger partial charge < -0.3 is 14.9 Å². The number of para-hydroxylation sites is 1. The number of carboxylic acid groups (broad SMARTS) is 1. The number of hydrogen-bond donors (Lipinski definition) is 2. The molecular formula is C28H28N2O5. The van der Waals surface area contributed by atoms with Crippen molar-refractivity contribution >= 4 is 12.1 Å². The first-order valence-corrected chi connectivity index (χ1v) is 11.9. The Morgan fingerprint density at radius 2 is 1.37 bits per heavy atom. The smallest absolute Gasteiger partial charge is 0.416 e. The van der Waals surface area contributed by atoms with Crippen LogP contribution in [0.2, 0.25) is 0 Å². The minimum atomic E-state index is -1.12. The van der Waals surface area contributed by atoms with Gasteiger partial charge in [-0.3, -0.25) is 9.80 Å². The summed E-state index contributed by atoms with van der Waals surface area (Å²) < 4.78 is 5.48. The van der Waals surface area contributed by atoms with Gasteiger partial charge in [-0.15, -0.1) is 0 Å². The molecule has 0 aliphatic carbocycles. The molecule has 7 nitrogen and oxygen atoms in total. The molecule has 1 amide bonds. The number of benzene rings is 3. The molecule has 0 spiro atoms. The van der Waals surface area contributed by atoms with E-state index in [-0.39, 0.29) is 18.5 Å². The highest BCUT2D eigenvalue weighted by Crippen LogP contribution is 2.41. The van der Waals surface area contributed by atoms with Crippen LogP contribution in [0.4, 0.5) is 4.79 Å². The van der Waals surface area contributed by atoms with Crippen LogP contribution < -0.4 is 4.74 Å². The van der Waals surface area contributed by atoms with Crippen LogP contribution in [-0.4, -0.2) is 63.0 Å². The number of carbonyl (C=O) groups is 2. The highest BCUT2D eigenvalue weighted by molar-refractivity contribution is 5.82. The van der Waals surface area contributed by atoms with Crippen LogP contribution in [0.3, 0.4) is 0 Å². The van der Waals surface area contributed by atoms with Crippen molar-refractivity contribution in [2.24, 2.45) is 0 Å². The lowest BCUT2D eigenvalue weighted by Crippen LogP contribution is -2.66. The molecule has 0 radical (unpaired) electrons. The molecule has 4 atom stereocenters. The summed E-state index contributed by atoms with van der Waals surface area (Å²) >= 11 is 0. The molecule has 3 aromatic rings. The minimum absolute atomic E-state index is 0.173. The van der Waals surface area contributed by atoms with Crippen molar-refractivity contribution in [2.45, 2.75) is 43.1 Å². The van der Waals surface area contributed by atoms with Crippen LogP contribution in [0.1, 0.15) is 29.9 Å². The van der Waals surface area contributed by atoms with Crippen molar-refractivity contribution in [1.82, 2.24) is 9.80 Å². The molecule has 2 fully saturated rings. The van der Waals surface area contributed by atoms with E-state index in [4.69, 9.17) is 4.74 Å². The van der Waals surface area contributed by atoms with Gasteiger partial charge >= 0.3 is 12.1 Å². The number of likely N-dealkylation sites (tertiary alicyclic amines) is 1. The largest absolute Gasteiger partial charge is 0.480 e. The molecule has 2 heterocycles. The lowest BCUT2D eigenvalue weighted by molar-refractivity contribution is -0.153. The molecule has 2 aliphatic rings. The minimum Gasteiger partial charge on any atom is -0.480 e. The Morgan fingerprint density at radius 1 is 0.829 bits per heavy atom. The maximum Gasteiger partial charge on any atom is 0.416 e. The first kappa shape index (κ1) is 23.1. The van der Waals surface area contributed by atoms with Crippen LogP contribution in [0.5, 0.6) is 5.75 Å². The number of carboxylic acids is 1. The molecule has 0 saturated carbocycles. The molecule has 2 aliphatic heterocycles. The van der Waals surface area contributed by atoms with Crippen molar-refractivity contribution in [1.29, 1.82) is 0 Å². The van der Waals surface area contributed by atoms with Crippen LogP contribution in [0.25, 0.3) is 0 Å². The number of aliphatic carboxylic acids is 1. The number of piperazine rings is 1. The van der Waals surface area contributed by atoms with Crippen LogP contribution in [0.15, 0.2) is 91.0 Å². The predicted octanol–water partition coefficient (Wildman–Crippen LogP) is 3.94. The Morgan fingerprint density at radius 3 is 1.91 bits per heavy atom. The summed E-state index contributed by atoms with van der Waals surface area (Å²) in [5, 5.41) is 21.9. The number of hydrogen-bond acceptors (Lipinski definition) is 5. The molecule has 2 bridgehead atoms. The van der Waals surface area contributed by atoms with E-state index in [1.54, 1.807) is 24.3 Å². The van der Waals surface area contributed by atoms with E-state index in [0.717, 1.165) is 11.1 Å². The van der Waals surface area contributed by atoms with E-state index in [1.165, 1.54) is 4.90 Å². The predicted molar refractivity (Wildman–Crippen MR) is 130 cm³/mol. The van der Waals surface area contributed by atoms with E-state index in [2.05, 4.69) is 0 Å². The Hall–Kier alpha value is -3.68. The number of carbonyl (C=O) groups excluding carboxylic acids is 1. The van der Waals surface area contributed by atoms with Crippen molar-refractivity contribution in [3.05, 3.63) is 102 Å². The second-order valence-corrected chi connectivity index (χ2v) is 9.07. The van der Waals surface area contributed by atoms with Gasteiger partial charge in [0.15, 0.2) is 0 Å². The Labute approximate surface area is 204 Å². The summed E-state index contributed by atoms with van der Waals surface area (Å²) in [6.07, 6.45) is -0.371. The second-order valence-electron chi connectivity index (χ2n) is 9.07. The van der Waals surface area contributed by atoms with Gasteiger partial charge in [0, 0.05) is 24.5 Å². The fourth-order valence-corrected chi connectivity index (χ4v) is 5.56. The summed E-state index contributed by atoms with van der Waals surface area (Å²) in [5.74, 6) is -1.10. The number of aliphatic hydroxyl groups is 1. The van der Waals surface area contributed by atoms with E-state index < -0.39 is 30.4 Å². The third-order valence-corrected chi connectivity index (χ3v) is 7.06. The number of ether oxygens (including phenoxy) is 1.